The molecule has 28 heavy (non-hydrogen) atoms. The number of rotatable bonds is 0. The van der Waals surface area contributed by atoms with Crippen LogP contribution in [0, 0.1) is 66.8 Å². The van der Waals surface area contributed by atoms with Crippen LogP contribution in [-0.4, -0.2) is 0 Å². The first-order valence-corrected chi connectivity index (χ1v) is 4.10. The van der Waals surface area contributed by atoms with Crippen molar-refractivity contribution in [1.29, 1.82) is 0 Å². The Kier molecular flexibility index (Phi) is 1110. The number of hydrogen-bond acceptors (Lipinski definition) is 0. The van der Waals surface area contributed by atoms with Gasteiger partial charge in [0.1, 0.15) is 0 Å². The Bertz CT molecular complexity index is 385. The molecule has 0 atom stereocenters. The maximum atomic E-state index is 7.50. The van der Waals surface area contributed by atoms with Crippen LogP contribution in [0.5, 0.6) is 0 Å². The number of benzene rings is 1. The van der Waals surface area contributed by atoms with E-state index in [9.17, 15) is 0 Å². The van der Waals surface area contributed by atoms with Crippen LogP contribution < -0.4 is 0 Å². The van der Waals surface area contributed by atoms with Crippen molar-refractivity contribution in [1.82, 2.24) is 0 Å². The van der Waals surface area contributed by atoms with Crippen molar-refractivity contribution in [3.05, 3.63) is 103 Å². The van der Waals surface area contributed by atoms with Crippen LogP contribution in [0.2, 0.25) is 0 Å². The molecule has 1 rings (SSSR count). The van der Waals surface area contributed by atoms with Gasteiger partial charge in [-0.25, -0.2) is 0 Å². The van der Waals surface area contributed by atoms with E-state index in [2.05, 4.69) is 66.8 Å². The third kappa shape index (κ3) is 334. The predicted octanol–water partition coefficient (Wildman–Crippen LogP) is 1.52. The Balaban J connectivity index is -0.0000000109. The monoisotopic (exact) mass is 520 g/mol. The molecule has 3 radical (unpaired) electrons. The average molecular weight is 520 g/mol. The third-order valence-electron chi connectivity index (χ3n) is 0.843. The van der Waals surface area contributed by atoms with Crippen LogP contribution in [-0.2, 0) is 92.2 Å². The summed E-state index contributed by atoms with van der Waals surface area (Å²) in [4.78, 5) is 0. The largest absolute Gasteiger partial charge is 0.199 e. The first-order chi connectivity index (χ1) is 12.4. The normalized spacial score (nSPS) is 2.79. The van der Waals surface area contributed by atoms with E-state index in [-0.39, 0.29) is 50.3 Å². The van der Waals surface area contributed by atoms with E-state index >= 15 is 0 Å². The zero-order valence-corrected chi connectivity index (χ0v) is 16.4. The van der Waals surface area contributed by atoms with E-state index in [0.29, 0.717) is 0 Å². The fourth-order valence-electron chi connectivity index (χ4n) is 0.478. The molecule has 0 amide bonds. The van der Waals surface area contributed by atoms with Crippen LogP contribution in [0.1, 0.15) is 5.56 Å². The van der Waals surface area contributed by atoms with E-state index < -0.39 is 0 Å². The quantitative estimate of drug-likeness (QED) is 0.356. The summed E-state index contributed by atoms with van der Waals surface area (Å²) < 4.78 is 67.5. The van der Waals surface area contributed by atoms with Gasteiger partial charge in [-0.1, -0.05) is 6.07 Å². The summed E-state index contributed by atoms with van der Waals surface area (Å²) in [5, 5.41) is 0. The topological polar surface area (TPSA) is 179 Å². The van der Waals surface area contributed by atoms with Crippen molar-refractivity contribution in [3.8, 4) is 0 Å². The van der Waals surface area contributed by atoms with Crippen LogP contribution >= 0.6 is 0 Å². The van der Waals surface area contributed by atoms with Crippen molar-refractivity contribution in [2.24, 2.45) is 0 Å². The molecule has 0 spiro atoms. The zero-order chi connectivity index (χ0) is 23.1. The Morgan fingerprint density at radius 2 is 0.536 bits per heavy atom. The Hall–Kier alpha value is -1.73. The fourth-order valence-corrected chi connectivity index (χ4v) is 0.478. The number of hydrogen-bond donors (Lipinski definition) is 0. The van der Waals surface area contributed by atoms with Gasteiger partial charge in [0, 0.05) is 50.3 Å². The van der Waals surface area contributed by atoms with E-state index in [1.807, 2.05) is 30.3 Å². The van der Waals surface area contributed by atoms with Crippen molar-refractivity contribution in [3.63, 3.8) is 0 Å². The van der Waals surface area contributed by atoms with Crippen LogP contribution in [0.3, 0.4) is 0 Å². The van der Waals surface area contributed by atoms with Crippen molar-refractivity contribution in [2.45, 2.75) is 0 Å². The summed E-state index contributed by atoms with van der Waals surface area (Å²) in [6.45, 7) is 44.2. The van der Waals surface area contributed by atoms with Crippen LogP contribution in [0.4, 0.5) is 0 Å². The smallest absolute Gasteiger partial charge is 0 e. The van der Waals surface area contributed by atoms with Crippen molar-refractivity contribution in [2.75, 3.05) is 0 Å². The minimum Gasteiger partial charge on any atom is -0.199 e. The van der Waals surface area contributed by atoms with E-state index in [0.717, 1.165) is 5.56 Å². The summed E-state index contributed by atoms with van der Waals surface area (Å²) in [6, 6.07) is 9.87. The van der Waals surface area contributed by atoms with Gasteiger partial charge in [-0.3, -0.25) is 0 Å². The molecular formula is C16H7Co3O9-. The molecule has 0 aliphatic heterocycles. The molecule has 0 bridgehead atoms. The molecule has 0 saturated heterocycles. The van der Waals surface area contributed by atoms with Gasteiger partial charge in [-0.2, -0.15) is 24.6 Å². The van der Waals surface area contributed by atoms with E-state index in [1.165, 1.54) is 0 Å². The molecular weight excluding hydrogens is 513 g/mol. The molecule has 0 unspecified atom stereocenters. The zero-order valence-electron chi connectivity index (χ0n) is 13.3. The van der Waals surface area contributed by atoms with Gasteiger partial charge in [0.05, 0.1) is 0 Å². The van der Waals surface area contributed by atoms with Gasteiger partial charge in [0.25, 0.3) is 0 Å². The standard InChI is InChI=1S/C7H7.9CO.3Co/c1-7-5-3-2-4-6-7;9*1-2;;;/h2-6H,1H2;;;;;;;;;;;;/q-1;;;;;;;;;;;;. The minimum atomic E-state index is 0. The van der Waals surface area contributed by atoms with Gasteiger partial charge < -0.3 is 0 Å². The van der Waals surface area contributed by atoms with Gasteiger partial charge >= 0.3 is 102 Å². The molecule has 153 valence electrons. The molecule has 12 heteroatoms. The maximum Gasteiger partial charge on any atom is 0 e. The second kappa shape index (κ2) is 379. The first kappa shape index (κ1) is 82.4. The molecule has 0 N–H and O–H groups in total. The first-order valence-electron chi connectivity index (χ1n) is 4.10. The van der Waals surface area contributed by atoms with E-state index in [1.54, 1.807) is 0 Å². The summed E-state index contributed by atoms with van der Waals surface area (Å²) in [6.07, 6.45) is 0. The van der Waals surface area contributed by atoms with Gasteiger partial charge in [0.15, 0.2) is 0 Å². The minimum absolute atomic E-state index is 0. The van der Waals surface area contributed by atoms with Crippen LogP contribution in [0.15, 0.2) is 30.3 Å². The average Bonchev–Trinajstić information content (AvgIpc) is 2.81. The van der Waals surface area contributed by atoms with Crippen LogP contribution in [0.25, 0.3) is 0 Å². The Morgan fingerprint density at radius 3 is 0.607 bits per heavy atom. The summed E-state index contributed by atoms with van der Waals surface area (Å²) in [5.41, 5.74) is 1.07. The molecule has 0 aliphatic rings. The van der Waals surface area contributed by atoms with Gasteiger partial charge in [0.2, 0.25) is 0 Å². The molecule has 0 aromatic heterocycles. The molecule has 0 fully saturated rings. The fraction of sp³-hybridized carbons (Fsp3) is 0. The molecule has 1 aromatic carbocycles. The second-order valence-electron chi connectivity index (χ2n) is 1.49. The molecule has 1 aromatic rings. The summed E-state index contributed by atoms with van der Waals surface area (Å²) >= 11 is 0. The Labute approximate surface area is 194 Å². The molecule has 9 nitrogen and oxygen atoms in total. The summed E-state index contributed by atoms with van der Waals surface area (Å²) in [7, 11) is 0. The Morgan fingerprint density at radius 1 is 0.393 bits per heavy atom. The second-order valence-corrected chi connectivity index (χ2v) is 1.49. The maximum absolute atomic E-state index is 7.50. The molecule has 0 heterocycles. The van der Waals surface area contributed by atoms with E-state index in [4.69, 9.17) is 41.9 Å². The molecule has 0 saturated carbocycles. The third-order valence-corrected chi connectivity index (χ3v) is 0.843. The van der Waals surface area contributed by atoms with Gasteiger partial charge in [-0.05, 0) is 0 Å². The van der Waals surface area contributed by atoms with Crippen molar-refractivity contribution < 1.29 is 92.2 Å². The van der Waals surface area contributed by atoms with Crippen molar-refractivity contribution >= 4 is 0 Å². The summed E-state index contributed by atoms with van der Waals surface area (Å²) in [5.74, 6) is 0. The SMILES string of the molecule is [C-]#[O+].[C-]#[O+].[C-]#[O+].[C-]#[O+].[C-]#[O+].[C-]#[O+].[C-]#[O+].[C-]#[O+].[C-]#[O+].[CH2-]c1ccccc1.[Co].[Co].[Co]. The molecule has 0 aliphatic carbocycles. The van der Waals surface area contributed by atoms with Gasteiger partial charge in [-0.15, -0.1) is 12.1 Å². The predicted molar refractivity (Wildman–Crippen MR) is 66.3 cm³/mol.